The van der Waals surface area contributed by atoms with Crippen LogP contribution in [0.25, 0.3) is 5.76 Å². The fourth-order valence-corrected chi connectivity index (χ4v) is 5.07. The Bertz CT molecular complexity index is 1340. The zero-order valence-electron chi connectivity index (χ0n) is 22.6. The van der Waals surface area contributed by atoms with Crippen LogP contribution in [0.2, 0.25) is 0 Å². The van der Waals surface area contributed by atoms with Crippen molar-refractivity contribution in [3.63, 3.8) is 0 Å². The molecule has 11 atom stereocenters. The van der Waals surface area contributed by atoms with Crippen molar-refractivity contribution in [3.05, 3.63) is 58.8 Å². The number of fused-ring (bicyclic) bond motifs is 1. The van der Waals surface area contributed by atoms with E-state index < -0.39 is 98.0 Å². The van der Waals surface area contributed by atoms with E-state index in [1.54, 1.807) is 0 Å². The molecule has 2 saturated heterocycles. The minimum absolute atomic E-state index is 0.0356. The first-order valence-corrected chi connectivity index (χ1v) is 13.3. The number of ether oxygens (including phenoxy) is 5. The number of phenolic OH excluding ortho intramolecular Hbond substituents is 3. The molecule has 1 aromatic rings. The van der Waals surface area contributed by atoms with E-state index in [4.69, 9.17) is 18.9 Å². The second kappa shape index (κ2) is 12.4. The lowest BCUT2D eigenvalue weighted by Crippen LogP contribution is -2.59. The normalized spacial score (nSPS) is 37.3. The Morgan fingerprint density at radius 1 is 0.682 bits per heavy atom. The molecular formula is C27H33O17+. The van der Waals surface area contributed by atoms with Gasteiger partial charge in [-0.15, -0.1) is 0 Å². The number of aliphatic hydroxyl groups excluding tert-OH is 9. The average Bonchev–Trinajstić information content (AvgIpc) is 2.99. The lowest BCUT2D eigenvalue weighted by Gasteiger charge is -2.41. The summed E-state index contributed by atoms with van der Waals surface area (Å²) in [6.45, 7) is -1.49. The minimum atomic E-state index is -1.85. The zero-order chi connectivity index (χ0) is 32.0. The van der Waals surface area contributed by atoms with Crippen LogP contribution in [0.5, 0.6) is 17.2 Å². The number of benzene rings is 1. The third kappa shape index (κ3) is 5.77. The quantitative estimate of drug-likeness (QED) is 0.102. The van der Waals surface area contributed by atoms with E-state index in [0.29, 0.717) is 0 Å². The average molecular weight is 630 g/mol. The van der Waals surface area contributed by atoms with Crippen LogP contribution in [0.3, 0.4) is 0 Å². The van der Waals surface area contributed by atoms with E-state index >= 15 is 0 Å². The van der Waals surface area contributed by atoms with Crippen LogP contribution in [-0.2, 0) is 18.9 Å². The molecule has 3 aliphatic heterocycles. The maximum atomic E-state index is 10.6. The molecule has 2 fully saturated rings. The van der Waals surface area contributed by atoms with E-state index in [1.807, 2.05) is 0 Å². The van der Waals surface area contributed by atoms with Gasteiger partial charge in [0, 0.05) is 24.3 Å². The summed E-state index contributed by atoms with van der Waals surface area (Å²) in [5.74, 6) is -3.26. The molecule has 0 saturated carbocycles. The third-order valence-electron chi connectivity index (χ3n) is 7.53. The fraction of sp³-hybridized carbons (Fsp3) is 0.481. The Labute approximate surface area is 247 Å². The summed E-state index contributed by atoms with van der Waals surface area (Å²) in [6.07, 6.45) is -14.1. The largest absolute Gasteiger partial charge is 0.571 e. The van der Waals surface area contributed by atoms with Crippen molar-refractivity contribution in [3.8, 4) is 17.2 Å². The molecule has 0 amide bonds. The zero-order valence-corrected chi connectivity index (χ0v) is 22.6. The first kappa shape index (κ1) is 31.8. The highest BCUT2D eigenvalue weighted by Crippen LogP contribution is 2.42. The molecule has 17 nitrogen and oxygen atoms in total. The van der Waals surface area contributed by atoms with Gasteiger partial charge in [-0.2, -0.15) is 0 Å². The van der Waals surface area contributed by atoms with Crippen molar-refractivity contribution < 1.29 is 85.0 Å². The van der Waals surface area contributed by atoms with Crippen molar-refractivity contribution in [1.29, 1.82) is 0 Å². The van der Waals surface area contributed by atoms with Crippen LogP contribution in [0, 0.1) is 0 Å². The molecule has 3 heterocycles. The number of rotatable bonds is 7. The van der Waals surface area contributed by atoms with E-state index in [-0.39, 0.29) is 34.2 Å². The molecule has 0 aromatic heterocycles. The fourth-order valence-electron chi connectivity index (χ4n) is 5.07. The maximum absolute atomic E-state index is 10.6. The molecule has 0 radical (unpaired) electrons. The number of hydrogen-bond acceptors (Lipinski definition) is 16. The van der Waals surface area contributed by atoms with E-state index in [1.165, 1.54) is 12.2 Å². The summed E-state index contributed by atoms with van der Waals surface area (Å²) in [7, 11) is 0. The Morgan fingerprint density at radius 2 is 1.20 bits per heavy atom. The van der Waals surface area contributed by atoms with Crippen molar-refractivity contribution >= 4 is 5.76 Å². The molecule has 4 aliphatic rings. The Kier molecular flexibility index (Phi) is 8.96. The Hall–Kier alpha value is -3.62. The number of aromatic hydroxyl groups is 3. The van der Waals surface area contributed by atoms with Gasteiger partial charge >= 0.3 is 5.76 Å². The van der Waals surface area contributed by atoms with Gasteiger partial charge in [0.15, 0.2) is 17.2 Å². The molecule has 17 heteroatoms. The predicted octanol–water partition coefficient (Wildman–Crippen LogP) is -3.72. The van der Waals surface area contributed by atoms with E-state index in [9.17, 15) is 61.3 Å². The van der Waals surface area contributed by atoms with Crippen LogP contribution in [0.4, 0.5) is 0 Å². The Morgan fingerprint density at radius 3 is 1.73 bits per heavy atom. The van der Waals surface area contributed by atoms with Crippen LogP contribution in [0.15, 0.2) is 53.2 Å². The standard InChI is InChI=1S/C27H32O17/c28-6-16-19(34)21(36)23(38)26(43-16)41-14-4-9(30)3-13-10(14)5-15(25(40-13)8-1-11(31)18(33)12(32)2-8)42-27-24(39)22(37)20(35)17(7-29)44-27/h1-5,13,16-17,19-24,26-39H,6-7H2/p+1/t13?,16-,17-,19-,20-,21+,22+,23-,24-,26-,27-/m1/s1. The summed E-state index contributed by atoms with van der Waals surface area (Å²) in [5.41, 5.74) is 0.0851. The van der Waals surface area contributed by atoms with Crippen molar-refractivity contribution in [2.45, 2.75) is 67.5 Å². The highest BCUT2D eigenvalue weighted by molar-refractivity contribution is 5.71. The first-order chi connectivity index (χ1) is 20.8. The number of phenols is 3. The summed E-state index contributed by atoms with van der Waals surface area (Å²) in [6, 6.07) is 2.05. The summed E-state index contributed by atoms with van der Waals surface area (Å²) >= 11 is 0. The van der Waals surface area contributed by atoms with Gasteiger partial charge in [-0.3, -0.25) is 0 Å². The van der Waals surface area contributed by atoms with Gasteiger partial charge in [0.1, 0.15) is 60.4 Å². The van der Waals surface area contributed by atoms with Gasteiger partial charge in [-0.1, -0.05) is 0 Å². The van der Waals surface area contributed by atoms with E-state index in [0.717, 1.165) is 18.2 Å². The molecule has 0 bridgehead atoms. The maximum Gasteiger partial charge on any atom is 0.305 e. The highest BCUT2D eigenvalue weighted by Gasteiger charge is 2.48. The molecule has 242 valence electrons. The summed E-state index contributed by atoms with van der Waals surface area (Å²) in [5, 5.41) is 121. The van der Waals surface area contributed by atoms with Crippen LogP contribution in [-0.4, -0.2) is 147 Å². The van der Waals surface area contributed by atoms with Crippen LogP contribution >= 0.6 is 0 Å². The van der Waals surface area contributed by atoms with Gasteiger partial charge in [-0.05, 0) is 0 Å². The lowest BCUT2D eigenvalue weighted by molar-refractivity contribution is -0.292. The monoisotopic (exact) mass is 629 g/mol. The second-order valence-electron chi connectivity index (χ2n) is 10.5. The summed E-state index contributed by atoms with van der Waals surface area (Å²) in [4.78, 5) is 0. The van der Waals surface area contributed by atoms with Gasteiger partial charge in [0.05, 0.1) is 30.4 Å². The molecular weight excluding hydrogens is 596 g/mol. The molecule has 44 heavy (non-hydrogen) atoms. The molecule has 13 N–H and O–H groups in total. The molecule has 1 unspecified atom stereocenters. The van der Waals surface area contributed by atoms with Crippen molar-refractivity contribution in [2.24, 2.45) is 0 Å². The molecule has 1 aliphatic carbocycles. The van der Waals surface area contributed by atoms with Gasteiger partial charge < -0.3 is 85.0 Å². The predicted molar refractivity (Wildman–Crippen MR) is 141 cm³/mol. The van der Waals surface area contributed by atoms with Crippen LogP contribution < -0.4 is 0 Å². The van der Waals surface area contributed by atoms with Crippen molar-refractivity contribution in [1.82, 2.24) is 0 Å². The van der Waals surface area contributed by atoms with Gasteiger partial charge in [-0.25, -0.2) is 0 Å². The number of aliphatic hydroxyl groups is 11. The molecule has 1 aromatic carbocycles. The minimum Gasteiger partial charge on any atom is -0.571 e. The highest BCUT2D eigenvalue weighted by atomic mass is 16.7. The molecule has 5 rings (SSSR count). The number of allylic oxidation sites excluding steroid dienone is 2. The first-order valence-electron chi connectivity index (χ1n) is 13.3. The number of hydrogen-bond donors (Lipinski definition) is 12. The van der Waals surface area contributed by atoms with Gasteiger partial charge in [0.2, 0.25) is 24.4 Å². The van der Waals surface area contributed by atoms with Gasteiger partial charge in [0.25, 0.3) is 0 Å². The second-order valence-corrected chi connectivity index (χ2v) is 10.5. The lowest BCUT2D eigenvalue weighted by atomic mass is 9.96. The van der Waals surface area contributed by atoms with Crippen molar-refractivity contribution in [2.75, 3.05) is 13.2 Å². The topological polar surface area (TPSA) is 292 Å². The van der Waals surface area contributed by atoms with E-state index in [2.05, 4.69) is 4.74 Å². The Balaban J connectivity index is 1.55. The third-order valence-corrected chi connectivity index (χ3v) is 7.53. The smallest absolute Gasteiger partial charge is 0.305 e. The SMILES string of the molecule is OC[C@H]1O[C@@H](OC2=CC(O)=CC3[OH+]C(c4cc(O)c(O)c(O)c4)=C(O[C@@H]4O[C@H](CO)[C@@H](O)[C@H](O)[C@H]4O)C=C23)[C@H](O)[C@@H](O)[C@@H]1O. The summed E-state index contributed by atoms with van der Waals surface area (Å²) < 4.78 is 26.9. The molecule has 0 spiro atoms. The van der Waals surface area contributed by atoms with Crippen LogP contribution in [0.1, 0.15) is 5.56 Å².